The fraction of sp³-hybridized carbons (Fsp3) is 0.409. The van der Waals surface area contributed by atoms with E-state index in [-0.39, 0.29) is 5.91 Å². The predicted octanol–water partition coefficient (Wildman–Crippen LogP) is 5.61. The highest BCUT2D eigenvalue weighted by molar-refractivity contribution is 5.92. The van der Waals surface area contributed by atoms with E-state index in [2.05, 4.69) is 25.2 Å². The highest BCUT2D eigenvalue weighted by Crippen LogP contribution is 2.27. The van der Waals surface area contributed by atoms with Gasteiger partial charge in [0.25, 0.3) is 0 Å². The summed E-state index contributed by atoms with van der Waals surface area (Å²) >= 11 is 0. The molecule has 3 nitrogen and oxygen atoms in total. The zero-order valence-electron chi connectivity index (χ0n) is 15.8. The topological polar surface area (TPSA) is 38.3 Å². The Morgan fingerprint density at radius 3 is 2.56 bits per heavy atom. The molecule has 134 valence electrons. The van der Waals surface area contributed by atoms with Crippen LogP contribution in [0.3, 0.4) is 0 Å². The summed E-state index contributed by atoms with van der Waals surface area (Å²) < 4.78 is 5.72. The first-order valence-electron chi connectivity index (χ1n) is 9.06. The third-order valence-electron chi connectivity index (χ3n) is 4.25. The first-order valence-corrected chi connectivity index (χ1v) is 9.06. The Morgan fingerprint density at radius 2 is 1.84 bits per heavy atom. The minimum atomic E-state index is 0.0757. The van der Waals surface area contributed by atoms with E-state index in [0.29, 0.717) is 18.9 Å². The van der Waals surface area contributed by atoms with Crippen molar-refractivity contribution in [2.24, 2.45) is 0 Å². The number of carbonyl (C=O) groups is 1. The zero-order chi connectivity index (χ0) is 18.2. The van der Waals surface area contributed by atoms with Crippen molar-refractivity contribution in [1.29, 1.82) is 0 Å². The molecule has 0 atom stereocenters. The molecule has 2 rings (SSSR count). The number of aryl methyl sites for hydroxylation is 2. The van der Waals surface area contributed by atoms with Gasteiger partial charge in [-0.25, -0.2) is 0 Å². The maximum absolute atomic E-state index is 12.3. The lowest BCUT2D eigenvalue weighted by Gasteiger charge is -2.16. The average Bonchev–Trinajstić information content (AvgIpc) is 2.56. The van der Waals surface area contributed by atoms with Crippen molar-refractivity contribution in [3.8, 4) is 5.75 Å². The second-order valence-corrected chi connectivity index (χ2v) is 6.86. The molecule has 0 radical (unpaired) electrons. The number of benzene rings is 2. The molecule has 2 aromatic rings. The van der Waals surface area contributed by atoms with Gasteiger partial charge in [0.15, 0.2) is 0 Å². The third kappa shape index (κ3) is 5.93. The summed E-state index contributed by atoms with van der Waals surface area (Å²) in [5.74, 6) is 1.36. The molecule has 0 aromatic heterocycles. The van der Waals surface area contributed by atoms with E-state index in [0.717, 1.165) is 29.8 Å². The molecule has 0 bridgehead atoms. The van der Waals surface area contributed by atoms with Crippen molar-refractivity contribution in [2.45, 2.75) is 52.9 Å². The van der Waals surface area contributed by atoms with Gasteiger partial charge in [-0.15, -0.1) is 0 Å². The lowest BCUT2D eigenvalue weighted by molar-refractivity contribution is -0.116. The summed E-state index contributed by atoms with van der Waals surface area (Å²) in [6, 6.07) is 14.2. The molecule has 2 aromatic carbocycles. The monoisotopic (exact) mass is 339 g/mol. The van der Waals surface area contributed by atoms with E-state index in [9.17, 15) is 4.79 Å². The van der Waals surface area contributed by atoms with Crippen LogP contribution in [0.15, 0.2) is 42.5 Å². The maximum Gasteiger partial charge on any atom is 0.224 e. The molecule has 0 aliphatic heterocycles. The average molecular weight is 339 g/mol. The van der Waals surface area contributed by atoms with Crippen LogP contribution in [-0.4, -0.2) is 12.5 Å². The Kier molecular flexibility index (Phi) is 7.05. The van der Waals surface area contributed by atoms with E-state index in [1.165, 1.54) is 11.1 Å². The van der Waals surface area contributed by atoms with Crippen molar-refractivity contribution in [1.82, 2.24) is 0 Å². The third-order valence-corrected chi connectivity index (χ3v) is 4.25. The van der Waals surface area contributed by atoms with Gasteiger partial charge in [-0.2, -0.15) is 0 Å². The number of anilines is 1. The van der Waals surface area contributed by atoms with Crippen molar-refractivity contribution >= 4 is 11.6 Å². The summed E-state index contributed by atoms with van der Waals surface area (Å²) in [6.45, 7) is 9.02. The fourth-order valence-electron chi connectivity index (χ4n) is 2.83. The van der Waals surface area contributed by atoms with E-state index in [4.69, 9.17) is 4.74 Å². The lowest BCUT2D eigenvalue weighted by Crippen LogP contribution is -2.14. The SMILES string of the molecule is Cc1cccc(OCCCCC(=O)Nc2c(C)cccc2C(C)C)c1. The minimum Gasteiger partial charge on any atom is -0.494 e. The summed E-state index contributed by atoms with van der Waals surface area (Å²) in [5, 5.41) is 3.10. The summed E-state index contributed by atoms with van der Waals surface area (Å²) in [7, 11) is 0. The van der Waals surface area contributed by atoms with Gasteiger partial charge in [-0.3, -0.25) is 4.79 Å². The van der Waals surface area contributed by atoms with Gasteiger partial charge >= 0.3 is 0 Å². The smallest absolute Gasteiger partial charge is 0.224 e. The van der Waals surface area contributed by atoms with Crippen LogP contribution < -0.4 is 10.1 Å². The fourth-order valence-corrected chi connectivity index (χ4v) is 2.83. The van der Waals surface area contributed by atoms with Gasteiger partial charge in [0.05, 0.1) is 6.61 Å². The van der Waals surface area contributed by atoms with Crippen molar-refractivity contribution < 1.29 is 9.53 Å². The number of rotatable bonds is 8. The van der Waals surface area contributed by atoms with Crippen molar-refractivity contribution in [3.63, 3.8) is 0 Å². The van der Waals surface area contributed by atoms with E-state index in [1.807, 2.05) is 50.2 Å². The van der Waals surface area contributed by atoms with Crippen LogP contribution in [0.5, 0.6) is 5.75 Å². The molecule has 0 unspecified atom stereocenters. The molecular weight excluding hydrogens is 310 g/mol. The Bertz CT molecular complexity index is 707. The molecule has 1 amide bonds. The van der Waals surface area contributed by atoms with Gasteiger partial charge in [-0.1, -0.05) is 44.2 Å². The number of nitrogens with one attached hydrogen (secondary N) is 1. The van der Waals surface area contributed by atoms with Gasteiger partial charge < -0.3 is 10.1 Å². The highest BCUT2D eigenvalue weighted by atomic mass is 16.5. The van der Waals surface area contributed by atoms with Crippen LogP contribution in [0.25, 0.3) is 0 Å². The number of hydrogen-bond donors (Lipinski definition) is 1. The number of amides is 1. The number of para-hydroxylation sites is 1. The molecule has 0 saturated heterocycles. The number of carbonyl (C=O) groups excluding carboxylic acids is 1. The van der Waals surface area contributed by atoms with Crippen LogP contribution >= 0.6 is 0 Å². The molecule has 0 aliphatic carbocycles. The van der Waals surface area contributed by atoms with E-state index >= 15 is 0 Å². The van der Waals surface area contributed by atoms with Crippen LogP contribution in [-0.2, 0) is 4.79 Å². The standard InChI is InChI=1S/C22H29NO2/c1-16(2)20-12-8-10-18(4)22(20)23-21(24)13-5-6-14-25-19-11-7-9-17(3)15-19/h7-12,15-16H,5-6,13-14H2,1-4H3,(H,23,24). The summed E-state index contributed by atoms with van der Waals surface area (Å²) in [5.41, 5.74) is 4.47. The number of hydrogen-bond acceptors (Lipinski definition) is 2. The van der Waals surface area contributed by atoms with E-state index < -0.39 is 0 Å². The normalized spacial score (nSPS) is 10.8. The summed E-state index contributed by atoms with van der Waals surface area (Å²) in [4.78, 5) is 12.3. The summed E-state index contributed by atoms with van der Waals surface area (Å²) in [6.07, 6.45) is 2.20. The maximum atomic E-state index is 12.3. The molecule has 0 saturated carbocycles. The number of ether oxygens (including phenoxy) is 1. The first kappa shape index (κ1) is 19.0. The molecule has 0 aliphatic rings. The Hall–Kier alpha value is -2.29. The van der Waals surface area contributed by atoms with E-state index in [1.54, 1.807) is 0 Å². The molecular formula is C22H29NO2. The molecule has 0 fully saturated rings. The van der Waals surface area contributed by atoms with Crippen LogP contribution in [0.2, 0.25) is 0 Å². The van der Waals surface area contributed by atoms with Crippen LogP contribution in [0, 0.1) is 13.8 Å². The Morgan fingerprint density at radius 1 is 1.08 bits per heavy atom. The molecule has 25 heavy (non-hydrogen) atoms. The molecule has 1 N–H and O–H groups in total. The lowest BCUT2D eigenvalue weighted by atomic mass is 9.98. The zero-order valence-corrected chi connectivity index (χ0v) is 15.8. The quantitative estimate of drug-likeness (QED) is 0.634. The van der Waals surface area contributed by atoms with Crippen molar-refractivity contribution in [3.05, 3.63) is 59.2 Å². The van der Waals surface area contributed by atoms with Crippen molar-refractivity contribution in [2.75, 3.05) is 11.9 Å². The van der Waals surface area contributed by atoms with Crippen LogP contribution in [0.1, 0.15) is 55.7 Å². The Balaban J connectivity index is 1.76. The largest absolute Gasteiger partial charge is 0.494 e. The highest BCUT2D eigenvalue weighted by Gasteiger charge is 2.11. The van der Waals surface area contributed by atoms with Gasteiger partial charge in [0.1, 0.15) is 5.75 Å². The second-order valence-electron chi connectivity index (χ2n) is 6.86. The predicted molar refractivity (Wildman–Crippen MR) is 104 cm³/mol. The van der Waals surface area contributed by atoms with Gasteiger partial charge in [0, 0.05) is 12.1 Å². The molecule has 3 heteroatoms. The number of unbranched alkanes of at least 4 members (excludes halogenated alkanes) is 1. The van der Waals surface area contributed by atoms with Gasteiger partial charge in [-0.05, 0) is 61.4 Å². The van der Waals surface area contributed by atoms with Gasteiger partial charge in [0.2, 0.25) is 5.91 Å². The molecule has 0 heterocycles. The Labute approximate surface area is 151 Å². The second kappa shape index (κ2) is 9.26. The first-order chi connectivity index (χ1) is 12.0. The molecule has 0 spiro atoms. The minimum absolute atomic E-state index is 0.0757. The van der Waals surface area contributed by atoms with Crippen LogP contribution in [0.4, 0.5) is 5.69 Å².